The Hall–Kier alpha value is -0.510. The molecular weight excluding hydrogens is 282 g/mol. The summed E-state index contributed by atoms with van der Waals surface area (Å²) in [7, 11) is 0. The molecule has 0 spiro atoms. The minimum absolute atomic E-state index is 0.474. The summed E-state index contributed by atoms with van der Waals surface area (Å²) in [6, 6.07) is 9.24. The Kier molecular flexibility index (Phi) is 4.69. The molecule has 0 amide bonds. The van der Waals surface area contributed by atoms with Crippen LogP contribution in [0.3, 0.4) is 0 Å². The second-order valence-corrected chi connectivity index (χ2v) is 8.08. The first-order valence-corrected chi connectivity index (χ1v) is 9.52. The van der Waals surface area contributed by atoms with E-state index in [1.54, 1.807) is 0 Å². The summed E-state index contributed by atoms with van der Waals surface area (Å²) >= 11 is 4.06. The van der Waals surface area contributed by atoms with Gasteiger partial charge in [0.1, 0.15) is 0 Å². The number of hydrogen-bond acceptors (Lipinski definition) is 3. The molecule has 2 heterocycles. The molecule has 1 fully saturated rings. The van der Waals surface area contributed by atoms with Crippen molar-refractivity contribution in [1.29, 1.82) is 0 Å². The van der Waals surface area contributed by atoms with Gasteiger partial charge < -0.3 is 5.32 Å². The van der Waals surface area contributed by atoms with E-state index in [-0.39, 0.29) is 0 Å². The van der Waals surface area contributed by atoms with Gasteiger partial charge in [-0.1, -0.05) is 18.2 Å². The summed E-state index contributed by atoms with van der Waals surface area (Å²) in [4.78, 5) is 1.51. The van der Waals surface area contributed by atoms with Gasteiger partial charge in [-0.25, -0.2) is 0 Å². The largest absolute Gasteiger partial charge is 0.309 e. The molecule has 1 atom stereocenters. The van der Waals surface area contributed by atoms with Crippen LogP contribution in [0.5, 0.6) is 0 Å². The van der Waals surface area contributed by atoms with Gasteiger partial charge in [0.25, 0.3) is 0 Å². The van der Waals surface area contributed by atoms with Crippen LogP contribution >= 0.6 is 23.1 Å². The van der Waals surface area contributed by atoms with Crippen LogP contribution in [0.4, 0.5) is 0 Å². The average molecular weight is 306 g/mol. The molecule has 1 N–H and O–H groups in total. The van der Waals surface area contributed by atoms with Crippen LogP contribution in [0.2, 0.25) is 0 Å². The van der Waals surface area contributed by atoms with Gasteiger partial charge in [0.15, 0.2) is 0 Å². The van der Waals surface area contributed by atoms with E-state index in [0.717, 1.165) is 5.92 Å². The molecule has 1 aliphatic heterocycles. The highest BCUT2D eigenvalue weighted by atomic mass is 32.2. The lowest BCUT2D eigenvalue weighted by atomic mass is 10.0. The zero-order valence-corrected chi connectivity index (χ0v) is 13.9. The van der Waals surface area contributed by atoms with Crippen LogP contribution < -0.4 is 5.32 Å². The fraction of sp³-hybridized carbons (Fsp3) is 0.529. The first kappa shape index (κ1) is 14.4. The molecule has 108 valence electrons. The minimum atomic E-state index is 0.474. The molecule has 1 unspecified atom stereocenters. The number of aryl methyl sites for hydroxylation is 1. The molecule has 1 nitrogen and oxygen atoms in total. The third kappa shape index (κ3) is 3.05. The highest BCUT2D eigenvalue weighted by Crippen LogP contribution is 2.34. The Morgan fingerprint density at radius 3 is 2.75 bits per heavy atom. The molecule has 1 saturated heterocycles. The number of thioether (sulfide) groups is 1. The van der Waals surface area contributed by atoms with Crippen LogP contribution in [0, 0.1) is 12.8 Å². The van der Waals surface area contributed by atoms with Gasteiger partial charge in [0.2, 0.25) is 0 Å². The van der Waals surface area contributed by atoms with E-state index in [0.29, 0.717) is 6.04 Å². The molecule has 2 aromatic rings. The Labute approximate surface area is 130 Å². The van der Waals surface area contributed by atoms with Gasteiger partial charge in [0.05, 0.1) is 0 Å². The van der Waals surface area contributed by atoms with Gasteiger partial charge in [-0.15, -0.1) is 11.3 Å². The van der Waals surface area contributed by atoms with E-state index in [1.165, 1.54) is 51.4 Å². The van der Waals surface area contributed by atoms with E-state index >= 15 is 0 Å². The third-order valence-corrected chi connectivity index (χ3v) is 6.83. The van der Waals surface area contributed by atoms with Gasteiger partial charge >= 0.3 is 0 Å². The summed E-state index contributed by atoms with van der Waals surface area (Å²) < 4.78 is 1.42. The fourth-order valence-electron chi connectivity index (χ4n) is 2.99. The predicted octanol–water partition coefficient (Wildman–Crippen LogP) is 5.00. The molecule has 3 heteroatoms. The van der Waals surface area contributed by atoms with Gasteiger partial charge in [-0.3, -0.25) is 0 Å². The van der Waals surface area contributed by atoms with Crippen molar-refractivity contribution in [2.75, 3.05) is 18.1 Å². The van der Waals surface area contributed by atoms with E-state index in [4.69, 9.17) is 0 Å². The van der Waals surface area contributed by atoms with Gasteiger partial charge in [0, 0.05) is 15.6 Å². The standard InChI is InChI=1S/C17H23NS2/c1-12-15-5-3-4-6-16(15)20-17(12)13(2)18-11-14-7-9-19-10-8-14/h3-6,13-14,18H,7-11H2,1-2H3. The minimum Gasteiger partial charge on any atom is -0.309 e. The zero-order chi connectivity index (χ0) is 13.9. The van der Waals surface area contributed by atoms with Gasteiger partial charge in [-0.2, -0.15) is 11.8 Å². The average Bonchev–Trinajstić information content (AvgIpc) is 2.84. The van der Waals surface area contributed by atoms with E-state index < -0.39 is 0 Å². The monoisotopic (exact) mass is 305 g/mol. The third-order valence-electron chi connectivity index (χ3n) is 4.33. The normalized spacial score (nSPS) is 18.5. The van der Waals surface area contributed by atoms with E-state index in [9.17, 15) is 0 Å². The van der Waals surface area contributed by atoms with Crippen LogP contribution in [0.1, 0.15) is 36.2 Å². The summed E-state index contributed by atoms with van der Waals surface area (Å²) in [5, 5.41) is 5.20. The number of nitrogens with one attached hydrogen (secondary N) is 1. The molecule has 1 aromatic carbocycles. The fourth-order valence-corrected chi connectivity index (χ4v) is 5.43. The summed E-state index contributed by atoms with van der Waals surface area (Å²) in [5.41, 5.74) is 1.46. The molecule has 0 saturated carbocycles. The van der Waals surface area contributed by atoms with Crippen molar-refractivity contribution in [2.24, 2.45) is 5.92 Å². The first-order valence-electron chi connectivity index (χ1n) is 7.55. The second-order valence-electron chi connectivity index (χ2n) is 5.77. The Balaban J connectivity index is 1.68. The van der Waals surface area contributed by atoms with Crippen molar-refractivity contribution in [3.05, 3.63) is 34.7 Å². The first-order chi connectivity index (χ1) is 9.75. The summed E-state index contributed by atoms with van der Waals surface area (Å²) in [6.45, 7) is 5.76. The smallest absolute Gasteiger partial charge is 0.0389 e. The number of fused-ring (bicyclic) bond motifs is 1. The lowest BCUT2D eigenvalue weighted by Gasteiger charge is -2.23. The van der Waals surface area contributed by atoms with Crippen LogP contribution in [-0.2, 0) is 0 Å². The SMILES string of the molecule is Cc1c(C(C)NCC2CCSCC2)sc2ccccc12. The molecule has 1 aliphatic rings. The molecule has 20 heavy (non-hydrogen) atoms. The molecular formula is C17H23NS2. The molecule has 0 radical (unpaired) electrons. The molecule has 3 rings (SSSR count). The zero-order valence-electron chi connectivity index (χ0n) is 12.3. The highest BCUT2D eigenvalue weighted by Gasteiger charge is 2.17. The summed E-state index contributed by atoms with van der Waals surface area (Å²) in [6.07, 6.45) is 2.77. The van der Waals surface area contributed by atoms with Crippen LogP contribution in [0.25, 0.3) is 10.1 Å². The number of rotatable bonds is 4. The van der Waals surface area contributed by atoms with E-state index in [1.807, 2.05) is 11.3 Å². The molecule has 1 aromatic heterocycles. The predicted molar refractivity (Wildman–Crippen MR) is 93.0 cm³/mol. The van der Waals surface area contributed by atoms with Crippen molar-refractivity contribution in [3.63, 3.8) is 0 Å². The maximum Gasteiger partial charge on any atom is 0.0389 e. The number of benzene rings is 1. The van der Waals surface area contributed by atoms with Crippen LogP contribution in [-0.4, -0.2) is 18.1 Å². The molecule has 0 bridgehead atoms. The number of hydrogen-bond donors (Lipinski definition) is 1. The van der Waals surface area contributed by atoms with Crippen molar-refractivity contribution in [3.8, 4) is 0 Å². The van der Waals surface area contributed by atoms with Crippen molar-refractivity contribution in [2.45, 2.75) is 32.7 Å². The quantitative estimate of drug-likeness (QED) is 0.852. The highest BCUT2D eigenvalue weighted by molar-refractivity contribution is 7.99. The summed E-state index contributed by atoms with van der Waals surface area (Å²) in [5.74, 6) is 3.58. The second kappa shape index (κ2) is 6.50. The van der Waals surface area contributed by atoms with Crippen molar-refractivity contribution in [1.82, 2.24) is 5.32 Å². The lowest BCUT2D eigenvalue weighted by molar-refractivity contribution is 0.422. The van der Waals surface area contributed by atoms with Crippen LogP contribution in [0.15, 0.2) is 24.3 Å². The van der Waals surface area contributed by atoms with Crippen molar-refractivity contribution >= 4 is 33.2 Å². The van der Waals surface area contributed by atoms with E-state index in [2.05, 4.69) is 55.2 Å². The number of thiophene rings is 1. The lowest BCUT2D eigenvalue weighted by Crippen LogP contribution is -2.27. The topological polar surface area (TPSA) is 12.0 Å². The Morgan fingerprint density at radius 2 is 2.00 bits per heavy atom. The maximum absolute atomic E-state index is 3.77. The Morgan fingerprint density at radius 1 is 1.25 bits per heavy atom. The Bertz CT molecular complexity index is 569. The van der Waals surface area contributed by atoms with Gasteiger partial charge in [-0.05, 0) is 67.7 Å². The maximum atomic E-state index is 3.77. The van der Waals surface area contributed by atoms with Crippen molar-refractivity contribution < 1.29 is 0 Å². The molecule has 0 aliphatic carbocycles.